The van der Waals surface area contributed by atoms with Gasteiger partial charge >= 0.3 is 5.97 Å². The molecule has 0 aliphatic carbocycles. The third kappa shape index (κ3) is 4.32. The van der Waals surface area contributed by atoms with E-state index in [1.54, 1.807) is 22.8 Å². The van der Waals surface area contributed by atoms with Gasteiger partial charge in [0.2, 0.25) is 5.91 Å². The molecule has 0 spiro atoms. The van der Waals surface area contributed by atoms with E-state index < -0.39 is 17.7 Å². The summed E-state index contributed by atoms with van der Waals surface area (Å²) in [4.78, 5) is 39.9. The van der Waals surface area contributed by atoms with Gasteiger partial charge in [-0.3, -0.25) is 14.4 Å². The Morgan fingerprint density at radius 3 is 2.68 bits per heavy atom. The number of ether oxygens (including phenoxy) is 1. The van der Waals surface area contributed by atoms with Gasteiger partial charge in [-0.05, 0) is 36.4 Å². The maximum Gasteiger partial charge on any atom is 0.325 e. The molecule has 0 radical (unpaired) electrons. The highest BCUT2D eigenvalue weighted by molar-refractivity contribution is 7.16. The number of hydrogen-bond acceptors (Lipinski definition) is 5. The molecule has 1 aromatic heterocycles. The molecule has 2 aromatic carbocycles. The molecule has 28 heavy (non-hydrogen) atoms. The average molecular weight is 401 g/mol. The number of amides is 2. The first kappa shape index (κ1) is 19.4. The number of benzene rings is 2. The number of carbonyl (C=O) groups is 3. The van der Waals surface area contributed by atoms with Crippen LogP contribution in [0, 0.1) is 5.82 Å². The van der Waals surface area contributed by atoms with E-state index in [0.29, 0.717) is 15.9 Å². The summed E-state index contributed by atoms with van der Waals surface area (Å²) >= 11 is 1.17. The largest absolute Gasteiger partial charge is 0.468 e. The molecule has 0 saturated heterocycles. The third-order valence-corrected chi connectivity index (χ3v) is 4.83. The zero-order chi connectivity index (χ0) is 20.3. The Morgan fingerprint density at radius 2 is 2.00 bits per heavy atom. The van der Waals surface area contributed by atoms with E-state index in [-0.39, 0.29) is 22.8 Å². The number of aromatic nitrogens is 1. The Morgan fingerprint density at radius 1 is 1.21 bits per heavy atom. The number of carbonyl (C=O) groups excluding carboxylic acids is 3. The summed E-state index contributed by atoms with van der Waals surface area (Å²) in [6.45, 7) is 1.25. The predicted molar refractivity (Wildman–Crippen MR) is 102 cm³/mol. The molecule has 0 aliphatic rings. The highest BCUT2D eigenvalue weighted by Crippen LogP contribution is 2.22. The van der Waals surface area contributed by atoms with Crippen molar-refractivity contribution in [2.45, 2.75) is 13.5 Å². The molecule has 2 amide bonds. The molecule has 7 nitrogen and oxygen atoms in total. The Bertz CT molecular complexity index is 1150. The summed E-state index contributed by atoms with van der Waals surface area (Å²) in [5, 5.41) is 2.68. The summed E-state index contributed by atoms with van der Waals surface area (Å²) in [5.41, 5.74) is 1.32. The van der Waals surface area contributed by atoms with E-state index >= 15 is 0 Å². The van der Waals surface area contributed by atoms with Crippen LogP contribution >= 0.6 is 11.3 Å². The molecule has 9 heteroatoms. The molecule has 0 bridgehead atoms. The van der Waals surface area contributed by atoms with Gasteiger partial charge in [0.25, 0.3) is 5.91 Å². The lowest BCUT2D eigenvalue weighted by Gasteiger charge is -2.05. The average Bonchev–Trinajstić information content (AvgIpc) is 2.97. The molecular weight excluding hydrogens is 385 g/mol. The van der Waals surface area contributed by atoms with Crippen molar-refractivity contribution in [2.75, 3.05) is 12.4 Å². The smallest absolute Gasteiger partial charge is 0.325 e. The van der Waals surface area contributed by atoms with Crippen molar-refractivity contribution < 1.29 is 23.5 Å². The van der Waals surface area contributed by atoms with Gasteiger partial charge in [0.15, 0.2) is 4.80 Å². The Kier molecular flexibility index (Phi) is 5.65. The number of halogens is 1. The van der Waals surface area contributed by atoms with Gasteiger partial charge in [0.1, 0.15) is 12.4 Å². The van der Waals surface area contributed by atoms with Crippen LogP contribution in [0.1, 0.15) is 17.3 Å². The molecule has 3 aromatic rings. The second-order valence-electron chi connectivity index (χ2n) is 5.84. The predicted octanol–water partition coefficient (Wildman–Crippen LogP) is 2.71. The first-order chi connectivity index (χ1) is 13.4. The number of thiazole rings is 1. The number of nitrogens with one attached hydrogen (secondary N) is 1. The van der Waals surface area contributed by atoms with Gasteiger partial charge in [-0.2, -0.15) is 4.99 Å². The van der Waals surface area contributed by atoms with Crippen LogP contribution < -0.4 is 10.1 Å². The van der Waals surface area contributed by atoms with E-state index in [1.165, 1.54) is 43.6 Å². The number of hydrogen-bond donors (Lipinski definition) is 1. The van der Waals surface area contributed by atoms with Crippen LogP contribution in [0.4, 0.5) is 10.1 Å². The molecule has 0 aliphatic heterocycles. The minimum atomic E-state index is -0.633. The number of nitrogens with zero attached hydrogens (tertiary/aromatic N) is 2. The summed E-state index contributed by atoms with van der Waals surface area (Å²) in [7, 11) is 1.26. The van der Waals surface area contributed by atoms with Crippen molar-refractivity contribution in [3.8, 4) is 0 Å². The van der Waals surface area contributed by atoms with Crippen LogP contribution in [0.15, 0.2) is 47.5 Å². The monoisotopic (exact) mass is 401 g/mol. The highest BCUT2D eigenvalue weighted by Gasteiger charge is 2.13. The number of rotatable bonds is 4. The molecular formula is C19H16FN3O4S. The summed E-state index contributed by atoms with van der Waals surface area (Å²) in [6.07, 6.45) is 0. The van der Waals surface area contributed by atoms with Gasteiger partial charge in [-0.1, -0.05) is 17.4 Å². The lowest BCUT2D eigenvalue weighted by molar-refractivity contribution is -0.141. The van der Waals surface area contributed by atoms with E-state index in [0.717, 1.165) is 6.07 Å². The van der Waals surface area contributed by atoms with Crippen molar-refractivity contribution in [1.82, 2.24) is 4.57 Å². The van der Waals surface area contributed by atoms with Crippen molar-refractivity contribution in [1.29, 1.82) is 0 Å². The van der Waals surface area contributed by atoms with Crippen molar-refractivity contribution >= 4 is 45.0 Å². The lowest BCUT2D eigenvalue weighted by atomic mass is 10.2. The Hall–Kier alpha value is -3.33. The van der Waals surface area contributed by atoms with Gasteiger partial charge in [0.05, 0.1) is 17.3 Å². The minimum absolute atomic E-state index is 0.0982. The Balaban J connectivity index is 2.13. The number of anilines is 1. The molecule has 0 fully saturated rings. The van der Waals surface area contributed by atoms with Crippen LogP contribution in [0.2, 0.25) is 0 Å². The second-order valence-corrected chi connectivity index (χ2v) is 6.85. The number of methoxy groups -OCH3 is 1. The quantitative estimate of drug-likeness (QED) is 0.681. The standard InChI is InChI=1S/C19H16FN3O4S/c1-11(24)21-14-6-7-15-16(9-14)28-19(23(15)10-17(25)27-2)22-18(26)12-4-3-5-13(20)8-12/h3-9H,10H2,1-2H3,(H,21,24). The number of esters is 1. The van der Waals surface area contributed by atoms with Crippen LogP contribution in [0.5, 0.6) is 0 Å². The van der Waals surface area contributed by atoms with E-state index in [4.69, 9.17) is 4.74 Å². The van der Waals surface area contributed by atoms with Gasteiger partial charge in [-0.15, -0.1) is 0 Å². The number of fused-ring (bicyclic) bond motifs is 1. The zero-order valence-corrected chi connectivity index (χ0v) is 15.9. The summed E-state index contributed by atoms with van der Waals surface area (Å²) in [6, 6.07) is 10.3. The first-order valence-corrected chi connectivity index (χ1v) is 9.01. The lowest BCUT2D eigenvalue weighted by Crippen LogP contribution is -2.22. The van der Waals surface area contributed by atoms with Gasteiger partial charge < -0.3 is 14.6 Å². The van der Waals surface area contributed by atoms with E-state index in [1.807, 2.05) is 0 Å². The fraction of sp³-hybridized carbons (Fsp3) is 0.158. The topological polar surface area (TPSA) is 89.8 Å². The molecule has 3 rings (SSSR count). The second kappa shape index (κ2) is 8.13. The van der Waals surface area contributed by atoms with Crippen LogP contribution in [0.25, 0.3) is 10.2 Å². The molecule has 144 valence electrons. The van der Waals surface area contributed by atoms with Crippen molar-refractivity contribution in [3.05, 3.63) is 58.6 Å². The molecule has 0 saturated carbocycles. The third-order valence-electron chi connectivity index (χ3n) is 3.79. The summed E-state index contributed by atoms with van der Waals surface area (Å²) in [5.74, 6) is -1.90. The van der Waals surface area contributed by atoms with Crippen LogP contribution in [0.3, 0.4) is 0 Å². The van der Waals surface area contributed by atoms with Crippen molar-refractivity contribution in [2.24, 2.45) is 4.99 Å². The summed E-state index contributed by atoms with van der Waals surface area (Å²) < 4.78 is 20.4. The van der Waals surface area contributed by atoms with Gasteiger partial charge in [-0.25, -0.2) is 4.39 Å². The molecule has 0 atom stereocenters. The van der Waals surface area contributed by atoms with E-state index in [2.05, 4.69) is 10.3 Å². The van der Waals surface area contributed by atoms with E-state index in [9.17, 15) is 18.8 Å². The molecule has 1 heterocycles. The fourth-order valence-electron chi connectivity index (χ4n) is 2.56. The maximum atomic E-state index is 13.4. The maximum absolute atomic E-state index is 13.4. The minimum Gasteiger partial charge on any atom is -0.468 e. The van der Waals surface area contributed by atoms with Crippen LogP contribution in [-0.4, -0.2) is 29.5 Å². The zero-order valence-electron chi connectivity index (χ0n) is 15.1. The fourth-order valence-corrected chi connectivity index (χ4v) is 3.63. The van der Waals surface area contributed by atoms with Crippen molar-refractivity contribution in [3.63, 3.8) is 0 Å². The molecule has 1 N–H and O–H groups in total. The normalized spacial score (nSPS) is 11.5. The Labute approximate surface area is 163 Å². The highest BCUT2D eigenvalue weighted by atomic mass is 32.1. The first-order valence-electron chi connectivity index (χ1n) is 8.20. The molecule has 0 unspecified atom stereocenters. The van der Waals surface area contributed by atoms with Gasteiger partial charge in [0, 0.05) is 18.2 Å². The SMILES string of the molecule is COC(=O)Cn1c(=NC(=O)c2cccc(F)c2)sc2cc(NC(C)=O)ccc21. The van der Waals surface area contributed by atoms with Crippen LogP contribution in [-0.2, 0) is 20.9 Å².